The zero-order chi connectivity index (χ0) is 23.2. The number of amides is 1. The van der Waals surface area contributed by atoms with Crippen LogP contribution in [0.4, 0.5) is 5.82 Å². The van der Waals surface area contributed by atoms with Crippen LogP contribution in [-0.4, -0.2) is 47.6 Å². The highest BCUT2D eigenvalue weighted by molar-refractivity contribution is 5.92. The van der Waals surface area contributed by atoms with Gasteiger partial charge in [0.05, 0.1) is 17.7 Å². The highest BCUT2D eigenvalue weighted by atomic mass is 16.5. The van der Waals surface area contributed by atoms with Gasteiger partial charge in [-0.3, -0.25) is 4.79 Å². The van der Waals surface area contributed by atoms with Crippen LogP contribution in [0.15, 0.2) is 30.3 Å². The summed E-state index contributed by atoms with van der Waals surface area (Å²) < 4.78 is 6.09. The van der Waals surface area contributed by atoms with Gasteiger partial charge in [-0.25, -0.2) is 0 Å². The first-order valence-electron chi connectivity index (χ1n) is 11.6. The second-order valence-corrected chi connectivity index (χ2v) is 8.89. The van der Waals surface area contributed by atoms with E-state index in [9.17, 15) is 9.59 Å². The van der Waals surface area contributed by atoms with Crippen molar-refractivity contribution in [2.45, 2.75) is 57.6 Å². The number of nitrogens with zero attached hydrogens (tertiary/aromatic N) is 4. The number of aromatic nitrogens is 2. The van der Waals surface area contributed by atoms with Crippen LogP contribution in [0.3, 0.4) is 0 Å². The van der Waals surface area contributed by atoms with Gasteiger partial charge >= 0.3 is 0 Å². The van der Waals surface area contributed by atoms with Gasteiger partial charge in [0.25, 0.3) is 5.91 Å². The van der Waals surface area contributed by atoms with Crippen molar-refractivity contribution in [3.05, 3.63) is 47.2 Å². The molecule has 8 heteroatoms. The van der Waals surface area contributed by atoms with E-state index in [-0.39, 0.29) is 24.0 Å². The summed E-state index contributed by atoms with van der Waals surface area (Å²) in [6.45, 7) is 3.46. The van der Waals surface area contributed by atoms with Crippen LogP contribution in [0.25, 0.3) is 0 Å². The van der Waals surface area contributed by atoms with E-state index in [4.69, 9.17) is 10.00 Å². The summed E-state index contributed by atoms with van der Waals surface area (Å²) in [5.74, 6) is 1.45. The maximum atomic E-state index is 12.6. The Morgan fingerprint density at radius 3 is 2.48 bits per heavy atom. The minimum Gasteiger partial charge on any atom is -0.490 e. The minimum absolute atomic E-state index is 0.0869. The predicted octanol–water partition coefficient (Wildman–Crippen LogP) is 3.19. The zero-order valence-corrected chi connectivity index (χ0v) is 18.9. The van der Waals surface area contributed by atoms with E-state index in [0.29, 0.717) is 11.3 Å². The van der Waals surface area contributed by atoms with Gasteiger partial charge in [-0.2, -0.15) is 5.26 Å². The lowest BCUT2D eigenvalue weighted by atomic mass is 9.92. The van der Waals surface area contributed by atoms with E-state index in [0.717, 1.165) is 75.0 Å². The van der Waals surface area contributed by atoms with Crippen LogP contribution < -0.4 is 15.0 Å². The van der Waals surface area contributed by atoms with E-state index in [1.165, 1.54) is 0 Å². The Kier molecular flexibility index (Phi) is 7.18. The number of ether oxygens (including phenoxy) is 1. The maximum Gasteiger partial charge on any atom is 0.272 e. The molecule has 1 saturated heterocycles. The van der Waals surface area contributed by atoms with Crippen LogP contribution in [-0.2, 0) is 4.79 Å². The number of nitriles is 1. The quantitative estimate of drug-likeness (QED) is 0.678. The monoisotopic (exact) mass is 447 g/mol. The van der Waals surface area contributed by atoms with Gasteiger partial charge in [0.1, 0.15) is 12.0 Å². The van der Waals surface area contributed by atoms with Crippen LogP contribution in [0.2, 0.25) is 0 Å². The number of piperidine rings is 1. The predicted molar refractivity (Wildman–Crippen MR) is 123 cm³/mol. The second-order valence-electron chi connectivity index (χ2n) is 8.89. The van der Waals surface area contributed by atoms with E-state index < -0.39 is 0 Å². The maximum absolute atomic E-state index is 12.6. The Morgan fingerprint density at radius 1 is 1.12 bits per heavy atom. The third-order valence-electron chi connectivity index (χ3n) is 6.57. The Labute approximate surface area is 193 Å². The molecule has 2 aliphatic rings. The van der Waals surface area contributed by atoms with Gasteiger partial charge < -0.3 is 19.7 Å². The van der Waals surface area contributed by atoms with Gasteiger partial charge in [0.2, 0.25) is 0 Å². The van der Waals surface area contributed by atoms with E-state index in [1.807, 2.05) is 25.1 Å². The van der Waals surface area contributed by atoms with Crippen LogP contribution >= 0.6 is 0 Å². The number of hydrogen-bond donors (Lipinski definition) is 1. The molecule has 2 heterocycles. The highest BCUT2D eigenvalue weighted by Gasteiger charge is 2.25. The summed E-state index contributed by atoms with van der Waals surface area (Å²) >= 11 is 0. The van der Waals surface area contributed by atoms with E-state index >= 15 is 0 Å². The average Bonchev–Trinajstić information content (AvgIpc) is 2.85. The molecule has 1 aliphatic heterocycles. The van der Waals surface area contributed by atoms with Gasteiger partial charge in [-0.05, 0) is 81.3 Å². The Bertz CT molecular complexity index is 1020. The Balaban J connectivity index is 1.24. The molecule has 0 bridgehead atoms. The summed E-state index contributed by atoms with van der Waals surface area (Å²) in [5.41, 5.74) is 1.88. The van der Waals surface area contributed by atoms with Crippen molar-refractivity contribution in [2.24, 2.45) is 5.92 Å². The molecule has 1 aromatic carbocycles. The van der Waals surface area contributed by atoms with Crippen LogP contribution in [0, 0.1) is 24.2 Å². The number of hydrogen-bond acceptors (Lipinski definition) is 7. The molecule has 0 unspecified atom stereocenters. The molecule has 0 radical (unpaired) electrons. The van der Waals surface area contributed by atoms with Gasteiger partial charge in [-0.1, -0.05) is 0 Å². The number of carbonyl (C=O) groups excluding carboxylic acids is 2. The molecular weight excluding hydrogens is 418 g/mol. The minimum atomic E-state index is -0.208. The molecule has 2 aromatic rings. The molecule has 172 valence electrons. The van der Waals surface area contributed by atoms with Crippen molar-refractivity contribution >= 4 is 18.0 Å². The second kappa shape index (κ2) is 10.4. The summed E-state index contributed by atoms with van der Waals surface area (Å²) in [6.07, 6.45) is 6.16. The summed E-state index contributed by atoms with van der Waals surface area (Å²) in [6, 6.07) is 11.3. The number of carbonyl (C=O) groups is 2. The fourth-order valence-electron chi connectivity index (χ4n) is 4.49. The lowest BCUT2D eigenvalue weighted by Gasteiger charge is -2.30. The summed E-state index contributed by atoms with van der Waals surface area (Å²) in [4.78, 5) is 25.6. The van der Waals surface area contributed by atoms with Crippen molar-refractivity contribution in [1.29, 1.82) is 5.26 Å². The molecule has 1 amide bonds. The van der Waals surface area contributed by atoms with Gasteiger partial charge in [0, 0.05) is 25.0 Å². The van der Waals surface area contributed by atoms with Crippen molar-refractivity contribution in [3.63, 3.8) is 0 Å². The van der Waals surface area contributed by atoms with Gasteiger partial charge in [0.15, 0.2) is 11.5 Å². The molecule has 1 aromatic heterocycles. The lowest BCUT2D eigenvalue weighted by Crippen LogP contribution is -2.40. The SMILES string of the molecule is Cc1cc(O[C@H]2CC[C@H](NC(=O)c3ccc(N4CCC(C=O)CC4)nn3)CC2)ccc1C#N. The summed E-state index contributed by atoms with van der Waals surface area (Å²) in [5, 5.41) is 20.5. The average molecular weight is 448 g/mol. The largest absolute Gasteiger partial charge is 0.490 e. The lowest BCUT2D eigenvalue weighted by molar-refractivity contribution is -0.111. The first-order chi connectivity index (χ1) is 16.1. The fraction of sp³-hybridized carbons (Fsp3) is 0.480. The number of aryl methyl sites for hydroxylation is 1. The standard InChI is InChI=1S/C25H29N5O3/c1-17-14-22(5-2-19(17)15-26)33-21-6-3-20(4-7-21)27-25(32)23-8-9-24(29-28-23)30-12-10-18(16-31)11-13-30/h2,5,8-9,14,16,18,20-21H,3-4,6-7,10-13H2,1H3,(H,27,32)/t20-,21-. The molecule has 0 atom stereocenters. The Hall–Kier alpha value is -3.47. The third-order valence-corrected chi connectivity index (χ3v) is 6.57. The number of benzene rings is 1. The first kappa shape index (κ1) is 22.7. The number of rotatable bonds is 6. The highest BCUT2D eigenvalue weighted by Crippen LogP contribution is 2.26. The first-order valence-corrected chi connectivity index (χ1v) is 11.6. The smallest absolute Gasteiger partial charge is 0.272 e. The van der Waals surface area contributed by atoms with Crippen molar-refractivity contribution < 1.29 is 14.3 Å². The molecule has 4 rings (SSSR count). The van der Waals surface area contributed by atoms with E-state index in [1.54, 1.807) is 12.1 Å². The number of aldehydes is 1. The molecule has 1 saturated carbocycles. The fourth-order valence-corrected chi connectivity index (χ4v) is 4.49. The normalized spacial score (nSPS) is 21.2. The molecule has 8 nitrogen and oxygen atoms in total. The molecule has 2 fully saturated rings. The van der Waals surface area contributed by atoms with Crippen molar-refractivity contribution in [1.82, 2.24) is 15.5 Å². The van der Waals surface area contributed by atoms with Crippen molar-refractivity contribution in [3.8, 4) is 11.8 Å². The molecule has 1 N–H and O–H groups in total. The van der Waals surface area contributed by atoms with Crippen LogP contribution in [0.5, 0.6) is 5.75 Å². The Morgan fingerprint density at radius 2 is 1.88 bits per heavy atom. The number of nitrogens with one attached hydrogen (secondary N) is 1. The number of anilines is 1. The molecule has 0 spiro atoms. The summed E-state index contributed by atoms with van der Waals surface area (Å²) in [7, 11) is 0. The zero-order valence-electron chi connectivity index (χ0n) is 18.9. The molecule has 1 aliphatic carbocycles. The topological polar surface area (TPSA) is 108 Å². The van der Waals surface area contributed by atoms with E-state index in [2.05, 4.69) is 26.5 Å². The van der Waals surface area contributed by atoms with Crippen molar-refractivity contribution in [2.75, 3.05) is 18.0 Å². The third kappa shape index (κ3) is 5.67. The van der Waals surface area contributed by atoms with Crippen LogP contribution in [0.1, 0.15) is 60.1 Å². The molecular formula is C25H29N5O3. The van der Waals surface area contributed by atoms with Gasteiger partial charge in [-0.15, -0.1) is 10.2 Å². The molecule has 33 heavy (non-hydrogen) atoms.